The van der Waals surface area contributed by atoms with Crippen LogP contribution in [-0.2, 0) is 37.5 Å². The molecular formula is C34H44Cl2FeP2Pd+2. The Morgan fingerprint density at radius 2 is 0.575 bits per heavy atom. The summed E-state index contributed by atoms with van der Waals surface area (Å²) >= 11 is 0. The zero-order valence-electron chi connectivity index (χ0n) is 23.8. The predicted octanol–water partition coefficient (Wildman–Crippen LogP) is 2.66. The van der Waals surface area contributed by atoms with Crippen molar-refractivity contribution in [1.29, 1.82) is 0 Å². The Bertz CT molecular complexity index is 933. The molecule has 0 aromatic rings. The molecule has 0 heterocycles. The molecule has 4 fully saturated rings. The van der Waals surface area contributed by atoms with Crippen molar-refractivity contribution in [1.82, 2.24) is 0 Å². The van der Waals surface area contributed by atoms with Crippen LogP contribution in [0.3, 0.4) is 0 Å². The van der Waals surface area contributed by atoms with Crippen molar-refractivity contribution in [2.24, 2.45) is 0 Å². The second kappa shape index (κ2) is 21.1. The molecule has 6 aliphatic rings. The third-order valence-corrected chi connectivity index (χ3v) is 15.9. The summed E-state index contributed by atoms with van der Waals surface area (Å²) in [5, 5.41) is 2.73. The van der Waals surface area contributed by atoms with E-state index in [-0.39, 0.29) is 77.4 Å². The Kier molecular flexibility index (Phi) is 20.2. The first-order chi connectivity index (χ1) is 17.9. The quantitative estimate of drug-likeness (QED) is 0.236. The minimum atomic E-state index is -0.0287. The average Bonchev–Trinajstić information content (AvgIpc) is 3.68. The molecule has 0 saturated heterocycles. The van der Waals surface area contributed by atoms with Crippen LogP contribution in [0.4, 0.5) is 0 Å². The minimum Gasteiger partial charge on any atom is -1.00 e. The molecule has 0 radical (unpaired) electrons. The minimum absolute atomic E-state index is 0. The fourth-order valence-electron chi connectivity index (χ4n) is 7.45. The van der Waals surface area contributed by atoms with Gasteiger partial charge in [0.05, 0.1) is 0 Å². The summed E-state index contributed by atoms with van der Waals surface area (Å²) in [4.78, 5) is 0. The van der Waals surface area contributed by atoms with E-state index < -0.39 is 0 Å². The van der Waals surface area contributed by atoms with Crippen LogP contribution in [0.2, 0.25) is 0 Å². The summed E-state index contributed by atoms with van der Waals surface area (Å²) in [6.45, 7) is 0. The van der Waals surface area contributed by atoms with Crippen molar-refractivity contribution in [3.8, 4) is 47.4 Å². The number of halogens is 2. The van der Waals surface area contributed by atoms with Gasteiger partial charge in [0.25, 0.3) is 0 Å². The largest absolute Gasteiger partial charge is 2.00 e. The molecule has 0 amide bonds. The van der Waals surface area contributed by atoms with Crippen LogP contribution >= 0.6 is 15.1 Å². The van der Waals surface area contributed by atoms with Crippen molar-refractivity contribution >= 4 is 25.7 Å². The molecule has 40 heavy (non-hydrogen) atoms. The molecule has 0 N–H and O–H groups in total. The first kappa shape index (κ1) is 38.4. The smallest absolute Gasteiger partial charge is 1.00 e. The van der Waals surface area contributed by atoms with Crippen LogP contribution in [0, 0.1) is 47.4 Å². The Balaban J connectivity index is 0.000000364. The number of rotatable bonds is 4. The van der Waals surface area contributed by atoms with Gasteiger partial charge in [-0.3, -0.25) is 0 Å². The van der Waals surface area contributed by atoms with Gasteiger partial charge in [0.1, 0.15) is 37.7 Å². The van der Waals surface area contributed by atoms with E-state index in [2.05, 4.69) is 47.4 Å². The third kappa shape index (κ3) is 10.8. The molecule has 0 bridgehead atoms. The molecule has 0 spiro atoms. The maximum atomic E-state index is 3.32. The average molecular weight is 748 g/mol. The molecule has 0 aliphatic heterocycles. The van der Waals surface area contributed by atoms with Gasteiger partial charge in [0.15, 0.2) is 0 Å². The molecule has 0 unspecified atom stereocenters. The van der Waals surface area contributed by atoms with E-state index >= 15 is 0 Å². The van der Waals surface area contributed by atoms with Gasteiger partial charge >= 0.3 is 17.1 Å². The molecule has 0 atom stereocenters. The van der Waals surface area contributed by atoms with E-state index in [1.165, 1.54) is 139 Å². The Morgan fingerprint density at radius 3 is 0.775 bits per heavy atom. The first-order valence-corrected chi connectivity index (χ1v) is 18.2. The van der Waals surface area contributed by atoms with Crippen molar-refractivity contribution in [2.75, 3.05) is 0 Å². The topological polar surface area (TPSA) is 0 Å². The van der Waals surface area contributed by atoms with E-state index in [4.69, 9.17) is 0 Å². The summed E-state index contributed by atoms with van der Waals surface area (Å²) in [6.07, 6.45) is 29.0. The van der Waals surface area contributed by atoms with Crippen molar-refractivity contribution < 1.29 is 62.3 Å². The summed E-state index contributed by atoms with van der Waals surface area (Å²) in [5.41, 5.74) is 3.81. The van der Waals surface area contributed by atoms with Gasteiger partial charge in [-0.1, -0.05) is 25.7 Å². The van der Waals surface area contributed by atoms with Gasteiger partial charge < -0.3 is 24.8 Å². The number of hydrogen-bond acceptors (Lipinski definition) is 0. The fourth-order valence-corrected chi connectivity index (χ4v) is 14.5. The number of hydrogen-bond donors (Lipinski definition) is 0. The molecule has 4 saturated carbocycles. The first-order valence-electron chi connectivity index (χ1n) is 15.2. The normalized spacial score (nSPS) is 21.7. The second-order valence-corrected chi connectivity index (χ2v) is 17.1. The summed E-state index contributed by atoms with van der Waals surface area (Å²) < 4.78 is 0. The van der Waals surface area contributed by atoms with Crippen LogP contribution in [0.1, 0.15) is 128 Å². The van der Waals surface area contributed by atoms with Crippen molar-refractivity contribution in [3.05, 3.63) is 0 Å². The van der Waals surface area contributed by atoms with E-state index in [0.717, 1.165) is 22.6 Å². The van der Waals surface area contributed by atoms with Gasteiger partial charge in [0, 0.05) is 44.1 Å². The fraction of sp³-hybridized carbons (Fsp3) is 0.706. The molecule has 6 heteroatoms. The van der Waals surface area contributed by atoms with Crippen LogP contribution in [0.5, 0.6) is 0 Å². The summed E-state index contributed by atoms with van der Waals surface area (Å²) in [5.74, 6) is 25.3. The zero-order chi connectivity index (χ0) is 24.4. The molecule has 0 aromatic heterocycles. The third-order valence-electron chi connectivity index (χ3n) is 9.24. The molecule has 6 aliphatic carbocycles. The molecule has 0 aromatic carbocycles. The van der Waals surface area contributed by atoms with E-state index in [9.17, 15) is 0 Å². The van der Waals surface area contributed by atoms with Gasteiger partial charge in [-0.25, -0.2) is 0 Å². The summed E-state index contributed by atoms with van der Waals surface area (Å²) in [6, 6.07) is 0. The van der Waals surface area contributed by atoms with Crippen LogP contribution in [0.25, 0.3) is 0 Å². The van der Waals surface area contributed by atoms with E-state index in [1.54, 1.807) is 0 Å². The molecule has 0 nitrogen and oxygen atoms in total. The predicted molar refractivity (Wildman–Crippen MR) is 162 cm³/mol. The maximum Gasteiger partial charge on any atom is 2.00 e. The standard InChI is InChI=1S/2C17H22P.2ClH.Fe.Pd/c2*1-3-9-15(10-4-1)18(17-13-7-8-14-17)16-11-5-2-6-12-16;;;;/h2*15-16H,1-6,9-12H2;2*1H;;/q2*+1;;;+2;/p-2. The molecule has 220 valence electrons. The maximum absolute atomic E-state index is 3.32. The molecular weight excluding hydrogens is 703 g/mol. The zero-order valence-corrected chi connectivity index (χ0v) is 29.7. The van der Waals surface area contributed by atoms with Crippen molar-refractivity contribution in [2.45, 2.75) is 151 Å². The van der Waals surface area contributed by atoms with E-state index in [0.29, 0.717) is 0 Å². The molecule has 6 rings (SSSR count). The van der Waals surface area contributed by atoms with Gasteiger partial charge in [-0.2, -0.15) is 0 Å². The Hall–Kier alpha value is 0.342. The van der Waals surface area contributed by atoms with Gasteiger partial charge in [-0.05, 0) is 126 Å². The monoisotopic (exact) mass is 746 g/mol. The summed E-state index contributed by atoms with van der Waals surface area (Å²) in [7, 11) is -0.0573. The SMILES string of the molecule is C1#CC(=[P+](C2CCCCC2)C2CCCCC2)C#C1.C1#CC(=[P+](C2CCCCC2)C2CCCCC2)C#C1.[Cl-].[Cl-].[Fe+2].[Pd]. The second-order valence-electron chi connectivity index (χ2n) is 11.7. The van der Waals surface area contributed by atoms with Gasteiger partial charge in [0.2, 0.25) is 10.6 Å². The van der Waals surface area contributed by atoms with E-state index in [1.807, 2.05) is 0 Å². The van der Waals surface area contributed by atoms with Crippen molar-refractivity contribution in [3.63, 3.8) is 0 Å². The Morgan fingerprint density at radius 1 is 0.375 bits per heavy atom. The van der Waals surface area contributed by atoms with Crippen LogP contribution in [-0.4, -0.2) is 33.2 Å². The van der Waals surface area contributed by atoms with Crippen LogP contribution in [0.15, 0.2) is 0 Å². The van der Waals surface area contributed by atoms with Gasteiger partial charge in [-0.15, -0.1) is 0 Å². The Labute approximate surface area is 284 Å². The van der Waals surface area contributed by atoms with Crippen LogP contribution < -0.4 is 24.8 Å².